The second-order valence-corrected chi connectivity index (χ2v) is 7.80. The van der Waals surface area contributed by atoms with E-state index in [-0.39, 0.29) is 19.4 Å². The number of hydrogen-bond acceptors (Lipinski definition) is 7. The smallest absolute Gasteiger partial charge is 0.326 e. The van der Waals surface area contributed by atoms with Crippen LogP contribution in [0.15, 0.2) is 30.3 Å². The van der Waals surface area contributed by atoms with E-state index in [9.17, 15) is 34.2 Å². The molecule has 180 valence electrons. The molecule has 1 aromatic carbocycles. The highest BCUT2D eigenvalue weighted by atomic mass is 16.4. The second-order valence-electron chi connectivity index (χ2n) is 7.80. The summed E-state index contributed by atoms with van der Waals surface area (Å²) >= 11 is 0. The molecule has 1 fully saturated rings. The predicted octanol–water partition coefficient (Wildman–Crippen LogP) is -2.53. The molecular formula is C21H29N5O7. The molecule has 8 N–H and O–H groups in total. The van der Waals surface area contributed by atoms with Crippen LogP contribution in [0.1, 0.15) is 24.8 Å². The van der Waals surface area contributed by atoms with Gasteiger partial charge in [0.2, 0.25) is 23.6 Å². The monoisotopic (exact) mass is 463 g/mol. The van der Waals surface area contributed by atoms with Gasteiger partial charge in [-0.15, -0.1) is 0 Å². The summed E-state index contributed by atoms with van der Waals surface area (Å²) in [7, 11) is 0. The van der Waals surface area contributed by atoms with Gasteiger partial charge in [0.1, 0.15) is 18.1 Å². The number of hydrogen-bond donors (Lipinski definition) is 6. The number of aliphatic carboxylic acids is 1. The fourth-order valence-corrected chi connectivity index (χ4v) is 3.60. The first-order chi connectivity index (χ1) is 15.6. The van der Waals surface area contributed by atoms with E-state index in [4.69, 9.17) is 11.5 Å². The molecule has 4 unspecified atom stereocenters. The van der Waals surface area contributed by atoms with Gasteiger partial charge in [-0.25, -0.2) is 4.79 Å². The molecule has 0 radical (unpaired) electrons. The molecule has 0 bridgehead atoms. The Labute approximate surface area is 190 Å². The van der Waals surface area contributed by atoms with Crippen molar-refractivity contribution >= 4 is 29.6 Å². The van der Waals surface area contributed by atoms with Gasteiger partial charge in [-0.1, -0.05) is 30.3 Å². The minimum atomic E-state index is -1.42. The van der Waals surface area contributed by atoms with E-state index in [1.54, 1.807) is 30.3 Å². The van der Waals surface area contributed by atoms with Crippen LogP contribution in [0.2, 0.25) is 0 Å². The van der Waals surface area contributed by atoms with Gasteiger partial charge in [-0.3, -0.25) is 19.2 Å². The number of carboxylic acid groups (broad SMARTS) is 1. The Kier molecular flexibility index (Phi) is 9.30. The maximum atomic E-state index is 12.7. The third-order valence-corrected chi connectivity index (χ3v) is 5.29. The van der Waals surface area contributed by atoms with E-state index in [0.717, 1.165) is 0 Å². The van der Waals surface area contributed by atoms with Crippen LogP contribution in [-0.2, 0) is 30.4 Å². The molecule has 2 rings (SSSR count). The molecular weight excluding hydrogens is 434 g/mol. The van der Waals surface area contributed by atoms with Crippen molar-refractivity contribution in [3.63, 3.8) is 0 Å². The average Bonchev–Trinajstić information content (AvgIpc) is 3.26. The number of carboxylic acids is 1. The van der Waals surface area contributed by atoms with Crippen molar-refractivity contribution in [3.8, 4) is 0 Å². The SMILES string of the molecule is NC(=O)CC(N)C(=O)N1CCCC1C(=O)NC(CO)C(=O)NC(Cc1ccccc1)C(=O)O. The van der Waals surface area contributed by atoms with Gasteiger partial charge in [0.05, 0.1) is 19.1 Å². The second kappa shape index (κ2) is 11.9. The van der Waals surface area contributed by atoms with Crippen LogP contribution in [0.3, 0.4) is 0 Å². The number of nitrogens with zero attached hydrogens (tertiary/aromatic N) is 1. The molecule has 12 heteroatoms. The van der Waals surface area contributed by atoms with Crippen LogP contribution < -0.4 is 22.1 Å². The third-order valence-electron chi connectivity index (χ3n) is 5.29. The normalized spacial score (nSPS) is 18.1. The van der Waals surface area contributed by atoms with Crippen LogP contribution in [0.5, 0.6) is 0 Å². The minimum Gasteiger partial charge on any atom is -0.480 e. The van der Waals surface area contributed by atoms with E-state index in [1.807, 2.05) is 0 Å². The summed E-state index contributed by atoms with van der Waals surface area (Å²) in [6, 6.07) is 3.82. The highest BCUT2D eigenvalue weighted by Crippen LogP contribution is 2.19. The first kappa shape index (κ1) is 25.7. The molecule has 12 nitrogen and oxygen atoms in total. The molecule has 1 heterocycles. The summed E-state index contributed by atoms with van der Waals surface area (Å²) < 4.78 is 0. The number of carbonyl (C=O) groups is 5. The van der Waals surface area contributed by atoms with Gasteiger partial charge in [0.15, 0.2) is 0 Å². The predicted molar refractivity (Wildman–Crippen MR) is 115 cm³/mol. The summed E-state index contributed by atoms with van der Waals surface area (Å²) in [4.78, 5) is 61.6. The molecule has 0 aromatic heterocycles. The average molecular weight is 463 g/mol. The molecule has 0 aliphatic carbocycles. The van der Waals surface area contributed by atoms with Crippen LogP contribution in [0.4, 0.5) is 0 Å². The Morgan fingerprint density at radius 1 is 1.09 bits per heavy atom. The van der Waals surface area contributed by atoms with Gasteiger partial charge in [0, 0.05) is 13.0 Å². The van der Waals surface area contributed by atoms with Crippen molar-refractivity contribution in [2.45, 2.75) is 49.9 Å². The quantitative estimate of drug-likeness (QED) is 0.206. The fourth-order valence-electron chi connectivity index (χ4n) is 3.60. The molecule has 4 atom stereocenters. The summed E-state index contributed by atoms with van der Waals surface area (Å²) in [6.45, 7) is -0.547. The summed E-state index contributed by atoms with van der Waals surface area (Å²) in [5.74, 6) is -4.22. The number of aliphatic hydroxyl groups excluding tert-OH is 1. The van der Waals surface area contributed by atoms with E-state index in [2.05, 4.69) is 10.6 Å². The van der Waals surface area contributed by atoms with Crippen LogP contribution in [0.25, 0.3) is 0 Å². The van der Waals surface area contributed by atoms with Crippen molar-refractivity contribution in [2.75, 3.05) is 13.2 Å². The molecule has 1 aliphatic heterocycles. The molecule has 0 saturated carbocycles. The topological polar surface area (TPSA) is 205 Å². The molecule has 1 aromatic rings. The summed E-state index contributed by atoms with van der Waals surface area (Å²) in [5, 5.41) is 23.7. The Bertz CT molecular complexity index is 879. The van der Waals surface area contributed by atoms with E-state index >= 15 is 0 Å². The molecule has 1 aliphatic rings. The van der Waals surface area contributed by atoms with E-state index < -0.39 is 60.4 Å². The van der Waals surface area contributed by atoms with Crippen LogP contribution in [0, 0.1) is 0 Å². The summed E-state index contributed by atoms with van der Waals surface area (Å²) in [5.41, 5.74) is 11.4. The standard InChI is InChI=1S/C21H29N5O7/c22-13(10-17(23)28)20(31)26-8-4-7-16(26)19(30)25-15(11-27)18(29)24-14(21(32)33)9-12-5-2-1-3-6-12/h1-3,5-6,13-16,27H,4,7-11,22H2,(H2,23,28)(H,24,29)(H,25,30)(H,32,33). The molecule has 0 spiro atoms. The number of carbonyl (C=O) groups excluding carboxylic acids is 4. The number of nitrogens with two attached hydrogens (primary N) is 2. The van der Waals surface area contributed by atoms with Gasteiger partial charge >= 0.3 is 5.97 Å². The zero-order chi connectivity index (χ0) is 24.5. The Morgan fingerprint density at radius 3 is 2.33 bits per heavy atom. The first-order valence-electron chi connectivity index (χ1n) is 10.5. The van der Waals surface area contributed by atoms with Crippen molar-refractivity contribution < 1.29 is 34.2 Å². The number of benzene rings is 1. The molecule has 1 saturated heterocycles. The fraction of sp³-hybridized carbons (Fsp3) is 0.476. The van der Waals surface area contributed by atoms with Crippen molar-refractivity contribution in [1.82, 2.24) is 15.5 Å². The van der Waals surface area contributed by atoms with Gasteiger partial charge in [-0.2, -0.15) is 0 Å². The third kappa shape index (κ3) is 7.26. The molecule has 4 amide bonds. The summed E-state index contributed by atoms with van der Waals surface area (Å²) in [6.07, 6.45) is 0.438. The van der Waals surface area contributed by atoms with Gasteiger partial charge < -0.3 is 37.2 Å². The lowest BCUT2D eigenvalue weighted by Crippen LogP contribution is -2.58. The Hall–Kier alpha value is -3.51. The minimum absolute atomic E-state index is 0.0106. The van der Waals surface area contributed by atoms with Crippen molar-refractivity contribution in [3.05, 3.63) is 35.9 Å². The number of rotatable bonds is 11. The van der Waals surface area contributed by atoms with Gasteiger partial charge in [0.25, 0.3) is 0 Å². The number of primary amides is 1. The zero-order valence-corrected chi connectivity index (χ0v) is 18.0. The van der Waals surface area contributed by atoms with Crippen molar-refractivity contribution in [1.29, 1.82) is 0 Å². The highest BCUT2D eigenvalue weighted by molar-refractivity contribution is 5.95. The maximum Gasteiger partial charge on any atom is 0.326 e. The lowest BCUT2D eigenvalue weighted by atomic mass is 10.1. The lowest BCUT2D eigenvalue weighted by molar-refractivity contribution is -0.143. The number of likely N-dealkylation sites (tertiary alicyclic amines) is 1. The Morgan fingerprint density at radius 2 is 1.76 bits per heavy atom. The number of amides is 4. The molecule has 33 heavy (non-hydrogen) atoms. The number of aliphatic hydroxyl groups is 1. The van der Waals surface area contributed by atoms with Crippen molar-refractivity contribution in [2.24, 2.45) is 11.5 Å². The first-order valence-corrected chi connectivity index (χ1v) is 10.5. The van der Waals surface area contributed by atoms with Crippen LogP contribution >= 0.6 is 0 Å². The van der Waals surface area contributed by atoms with E-state index in [0.29, 0.717) is 18.4 Å². The Balaban J connectivity index is 2.02. The largest absolute Gasteiger partial charge is 0.480 e. The lowest BCUT2D eigenvalue weighted by Gasteiger charge is -2.28. The highest BCUT2D eigenvalue weighted by Gasteiger charge is 2.38. The van der Waals surface area contributed by atoms with E-state index in [1.165, 1.54) is 4.90 Å². The number of nitrogens with one attached hydrogen (secondary N) is 2. The van der Waals surface area contributed by atoms with Gasteiger partial charge in [-0.05, 0) is 18.4 Å². The van der Waals surface area contributed by atoms with Crippen LogP contribution in [-0.4, -0.2) is 82.0 Å². The zero-order valence-electron chi connectivity index (χ0n) is 18.0. The maximum absolute atomic E-state index is 12.7.